The molecule has 0 aromatic carbocycles. The number of hydrogen-bond acceptors (Lipinski definition) is 3. The van der Waals surface area contributed by atoms with Crippen LogP contribution in [0.25, 0.3) is 0 Å². The van der Waals surface area contributed by atoms with Gasteiger partial charge in [-0.05, 0) is 11.6 Å². The minimum Gasteiger partial charge on any atom is -0.348 e. The first-order chi connectivity index (χ1) is 4.68. The second-order valence-electron chi connectivity index (χ2n) is 1.93. The molecule has 0 aliphatic carbocycles. The minimum absolute atomic E-state index is 0.0227. The highest BCUT2D eigenvalue weighted by atomic mass is 35.5. The van der Waals surface area contributed by atoms with Gasteiger partial charge < -0.3 is 10.1 Å². The summed E-state index contributed by atoms with van der Waals surface area (Å²) in [7, 11) is 0. The maximum atomic E-state index is 10.4. The average molecular weight is 164 g/mol. The lowest BCUT2D eigenvalue weighted by Gasteiger charge is -2.03. The Hall–Kier alpha value is -0.610. The van der Waals surface area contributed by atoms with E-state index in [1.165, 1.54) is 0 Å². The summed E-state index contributed by atoms with van der Waals surface area (Å²) >= 11 is 5.04. The normalized spacial score (nSPS) is 24.5. The molecular formula is C5H6ClNO3. The van der Waals surface area contributed by atoms with Gasteiger partial charge in [0.15, 0.2) is 0 Å². The maximum absolute atomic E-state index is 10.4. The molecule has 1 fully saturated rings. The van der Waals surface area contributed by atoms with E-state index < -0.39 is 11.5 Å². The molecule has 1 aliphatic rings. The van der Waals surface area contributed by atoms with Gasteiger partial charge in [0.25, 0.3) is 0 Å². The van der Waals surface area contributed by atoms with Crippen LogP contribution in [0.1, 0.15) is 6.42 Å². The van der Waals surface area contributed by atoms with Crippen molar-refractivity contribution in [2.75, 3.05) is 6.61 Å². The van der Waals surface area contributed by atoms with Crippen LogP contribution in [0.15, 0.2) is 0 Å². The van der Waals surface area contributed by atoms with Gasteiger partial charge in [-0.1, -0.05) is 0 Å². The Bertz CT molecular complexity index is 170. The summed E-state index contributed by atoms with van der Waals surface area (Å²) in [5, 5.41) is 1.91. The quantitative estimate of drug-likeness (QED) is 0.565. The lowest BCUT2D eigenvalue weighted by Crippen LogP contribution is -2.27. The largest absolute Gasteiger partial charge is 0.348 e. The van der Waals surface area contributed by atoms with Crippen molar-refractivity contribution in [3.8, 4) is 0 Å². The van der Waals surface area contributed by atoms with E-state index in [2.05, 4.69) is 5.32 Å². The van der Waals surface area contributed by atoms with E-state index >= 15 is 0 Å². The number of ether oxygens (including phenoxy) is 1. The fourth-order valence-electron chi connectivity index (χ4n) is 0.695. The number of carbonyl (C=O) groups excluding carboxylic acids is 2. The zero-order valence-electron chi connectivity index (χ0n) is 5.09. The third kappa shape index (κ3) is 1.97. The van der Waals surface area contributed by atoms with E-state index in [4.69, 9.17) is 16.3 Å². The third-order valence-corrected chi connectivity index (χ3v) is 1.24. The lowest BCUT2D eigenvalue weighted by molar-refractivity contribution is -0.119. The fourth-order valence-corrected chi connectivity index (χ4v) is 0.835. The topological polar surface area (TPSA) is 55.4 Å². The molecule has 0 saturated carbocycles. The number of rotatable bonds is 2. The number of carbonyl (C=O) groups is 2. The molecule has 0 aromatic rings. The molecular weight excluding hydrogens is 158 g/mol. The van der Waals surface area contributed by atoms with Gasteiger partial charge in [0.1, 0.15) is 12.8 Å². The van der Waals surface area contributed by atoms with E-state index in [1.807, 2.05) is 0 Å². The standard InChI is InChI=1S/C5H6ClNO3/c6-3(8)1-5-7-4(9)2-10-5/h5H,1-2H2,(H,7,9). The molecule has 1 heterocycles. The summed E-state index contributed by atoms with van der Waals surface area (Å²) in [6.45, 7) is 0.0227. The predicted octanol–water partition coefficient (Wildman–Crippen LogP) is -0.386. The lowest BCUT2D eigenvalue weighted by atomic mass is 10.4. The molecule has 1 amide bonds. The first-order valence-electron chi connectivity index (χ1n) is 2.78. The Morgan fingerprint density at radius 2 is 2.60 bits per heavy atom. The van der Waals surface area contributed by atoms with E-state index in [0.29, 0.717) is 0 Å². The molecule has 0 bridgehead atoms. The van der Waals surface area contributed by atoms with Crippen molar-refractivity contribution in [2.45, 2.75) is 12.6 Å². The van der Waals surface area contributed by atoms with Gasteiger partial charge in [0.05, 0.1) is 6.42 Å². The molecule has 0 spiro atoms. The molecule has 1 rings (SSSR count). The maximum Gasteiger partial charge on any atom is 0.248 e. The average Bonchev–Trinajstić information content (AvgIpc) is 2.13. The number of amides is 1. The van der Waals surface area contributed by atoms with Crippen molar-refractivity contribution in [2.24, 2.45) is 0 Å². The Labute approximate surface area is 62.5 Å². The molecule has 0 aromatic heterocycles. The number of hydrogen-bond donors (Lipinski definition) is 1. The summed E-state index contributed by atoms with van der Waals surface area (Å²) in [4.78, 5) is 20.7. The Morgan fingerprint density at radius 1 is 1.90 bits per heavy atom. The first-order valence-corrected chi connectivity index (χ1v) is 3.15. The summed E-state index contributed by atoms with van der Waals surface area (Å²) < 4.78 is 4.81. The number of nitrogens with one attached hydrogen (secondary N) is 1. The van der Waals surface area contributed by atoms with E-state index in [-0.39, 0.29) is 18.9 Å². The van der Waals surface area contributed by atoms with Crippen LogP contribution >= 0.6 is 11.6 Å². The van der Waals surface area contributed by atoms with Crippen molar-refractivity contribution in [3.05, 3.63) is 0 Å². The molecule has 0 radical (unpaired) electrons. The smallest absolute Gasteiger partial charge is 0.248 e. The van der Waals surface area contributed by atoms with Crippen molar-refractivity contribution in [1.82, 2.24) is 5.32 Å². The van der Waals surface area contributed by atoms with Crippen LogP contribution in [0.5, 0.6) is 0 Å². The SMILES string of the molecule is O=C(Cl)CC1NC(=O)CO1. The van der Waals surface area contributed by atoms with Crippen LogP contribution < -0.4 is 5.32 Å². The Kier molecular flexibility index (Phi) is 2.24. The molecule has 1 aliphatic heterocycles. The van der Waals surface area contributed by atoms with Crippen LogP contribution in [0.4, 0.5) is 0 Å². The van der Waals surface area contributed by atoms with Crippen molar-refractivity contribution in [1.29, 1.82) is 0 Å². The Balaban J connectivity index is 2.31. The summed E-state index contributed by atoms with van der Waals surface area (Å²) in [5.74, 6) is -0.206. The molecule has 1 saturated heterocycles. The molecule has 4 nitrogen and oxygen atoms in total. The van der Waals surface area contributed by atoms with Gasteiger partial charge in [0.2, 0.25) is 11.1 Å². The Morgan fingerprint density at radius 3 is 3.00 bits per heavy atom. The van der Waals surface area contributed by atoms with Gasteiger partial charge in [-0.2, -0.15) is 0 Å². The minimum atomic E-state index is -0.516. The van der Waals surface area contributed by atoms with Gasteiger partial charge >= 0.3 is 0 Å². The van der Waals surface area contributed by atoms with Crippen molar-refractivity contribution in [3.63, 3.8) is 0 Å². The molecule has 5 heteroatoms. The first kappa shape index (κ1) is 7.50. The molecule has 56 valence electrons. The van der Waals surface area contributed by atoms with Gasteiger partial charge in [0, 0.05) is 0 Å². The monoisotopic (exact) mass is 163 g/mol. The second-order valence-corrected chi connectivity index (χ2v) is 2.35. The second kappa shape index (κ2) is 2.98. The fraction of sp³-hybridized carbons (Fsp3) is 0.600. The summed E-state index contributed by atoms with van der Waals surface area (Å²) in [5.41, 5.74) is 0. The van der Waals surface area contributed by atoms with E-state index in [0.717, 1.165) is 0 Å². The third-order valence-electron chi connectivity index (χ3n) is 1.08. The highest BCUT2D eigenvalue weighted by molar-refractivity contribution is 6.63. The van der Waals surface area contributed by atoms with Crippen LogP contribution in [0.3, 0.4) is 0 Å². The van der Waals surface area contributed by atoms with Crippen LogP contribution in [-0.2, 0) is 14.3 Å². The molecule has 10 heavy (non-hydrogen) atoms. The van der Waals surface area contributed by atoms with Crippen LogP contribution in [0.2, 0.25) is 0 Å². The van der Waals surface area contributed by atoms with Crippen LogP contribution in [-0.4, -0.2) is 24.0 Å². The molecule has 1 atom stereocenters. The van der Waals surface area contributed by atoms with E-state index in [1.54, 1.807) is 0 Å². The van der Waals surface area contributed by atoms with Crippen molar-refractivity contribution < 1.29 is 14.3 Å². The van der Waals surface area contributed by atoms with Crippen molar-refractivity contribution >= 4 is 22.8 Å². The predicted molar refractivity (Wildman–Crippen MR) is 33.4 cm³/mol. The zero-order chi connectivity index (χ0) is 7.56. The zero-order valence-corrected chi connectivity index (χ0v) is 5.85. The molecule has 1 N–H and O–H groups in total. The number of halogens is 1. The summed E-state index contributed by atoms with van der Waals surface area (Å²) in [6.07, 6.45) is -0.481. The van der Waals surface area contributed by atoms with Gasteiger partial charge in [-0.15, -0.1) is 0 Å². The van der Waals surface area contributed by atoms with E-state index in [9.17, 15) is 9.59 Å². The molecule has 1 unspecified atom stereocenters. The summed E-state index contributed by atoms with van der Waals surface area (Å²) in [6, 6.07) is 0. The van der Waals surface area contributed by atoms with Crippen LogP contribution in [0, 0.1) is 0 Å². The highest BCUT2D eigenvalue weighted by Crippen LogP contribution is 2.03. The van der Waals surface area contributed by atoms with Gasteiger partial charge in [-0.3, -0.25) is 9.59 Å². The highest BCUT2D eigenvalue weighted by Gasteiger charge is 2.22. The van der Waals surface area contributed by atoms with Gasteiger partial charge in [-0.25, -0.2) is 0 Å².